The van der Waals surface area contributed by atoms with Crippen molar-refractivity contribution in [1.29, 1.82) is 0 Å². The summed E-state index contributed by atoms with van der Waals surface area (Å²) in [5.41, 5.74) is 2.52. The predicted molar refractivity (Wildman–Crippen MR) is 117 cm³/mol. The molecule has 1 fully saturated rings. The quantitative estimate of drug-likeness (QED) is 0.643. The van der Waals surface area contributed by atoms with Crippen LogP contribution in [-0.4, -0.2) is 48.7 Å². The second-order valence-electron chi connectivity index (χ2n) is 7.41. The Hall–Kier alpha value is -2.97. The lowest BCUT2D eigenvalue weighted by molar-refractivity contribution is 0.383. The van der Waals surface area contributed by atoms with Crippen LogP contribution in [0.5, 0.6) is 0 Å². The summed E-state index contributed by atoms with van der Waals surface area (Å²) < 4.78 is 28.9. The number of rotatable bonds is 4. The molecule has 0 N–H and O–H groups in total. The van der Waals surface area contributed by atoms with Crippen LogP contribution in [0.2, 0.25) is 0 Å². The van der Waals surface area contributed by atoms with E-state index in [4.69, 9.17) is 0 Å². The Bertz CT molecular complexity index is 1210. The predicted octanol–water partition coefficient (Wildman–Crippen LogP) is 2.36. The highest BCUT2D eigenvalue weighted by Gasteiger charge is 2.29. The number of benzene rings is 2. The SMILES string of the molecule is Cc1ccc(S(=O)(=O)N2CCN(c3ccc(=O)n(-c4ccccc4)n3)CC2)cc1C. The highest BCUT2D eigenvalue weighted by molar-refractivity contribution is 7.89. The van der Waals surface area contributed by atoms with Crippen molar-refractivity contribution < 1.29 is 8.42 Å². The normalized spacial score (nSPS) is 15.3. The van der Waals surface area contributed by atoms with Crippen molar-refractivity contribution in [2.24, 2.45) is 0 Å². The number of anilines is 1. The van der Waals surface area contributed by atoms with Crippen LogP contribution in [0.4, 0.5) is 5.82 Å². The zero-order valence-corrected chi connectivity index (χ0v) is 17.8. The average molecular weight is 425 g/mol. The minimum atomic E-state index is -3.53. The van der Waals surface area contributed by atoms with E-state index in [0.29, 0.717) is 42.6 Å². The third kappa shape index (κ3) is 3.88. The third-order valence-electron chi connectivity index (χ3n) is 5.47. The van der Waals surface area contributed by atoms with E-state index in [-0.39, 0.29) is 5.56 Å². The summed E-state index contributed by atoms with van der Waals surface area (Å²) in [6.45, 7) is 5.61. The lowest BCUT2D eigenvalue weighted by Gasteiger charge is -2.34. The van der Waals surface area contributed by atoms with Gasteiger partial charge in [-0.2, -0.15) is 8.99 Å². The van der Waals surface area contributed by atoms with Crippen molar-refractivity contribution in [1.82, 2.24) is 14.1 Å². The molecule has 4 rings (SSSR count). The Morgan fingerprint density at radius 2 is 1.53 bits per heavy atom. The van der Waals surface area contributed by atoms with Crippen molar-refractivity contribution in [3.8, 4) is 5.69 Å². The molecule has 1 aliphatic heterocycles. The van der Waals surface area contributed by atoms with Crippen LogP contribution in [-0.2, 0) is 10.0 Å². The first-order valence-electron chi connectivity index (χ1n) is 9.84. The van der Waals surface area contributed by atoms with Crippen molar-refractivity contribution in [2.75, 3.05) is 31.1 Å². The molecule has 0 bridgehead atoms. The van der Waals surface area contributed by atoms with E-state index in [1.807, 2.05) is 55.1 Å². The van der Waals surface area contributed by atoms with Crippen LogP contribution >= 0.6 is 0 Å². The Morgan fingerprint density at radius 1 is 0.833 bits per heavy atom. The Balaban J connectivity index is 1.52. The smallest absolute Gasteiger partial charge is 0.271 e. The fraction of sp³-hybridized carbons (Fsp3) is 0.273. The summed E-state index contributed by atoms with van der Waals surface area (Å²) in [5.74, 6) is 0.654. The zero-order chi connectivity index (χ0) is 21.3. The Labute approximate surface area is 176 Å². The average Bonchev–Trinajstić information content (AvgIpc) is 2.76. The maximum atomic E-state index is 13.0. The third-order valence-corrected chi connectivity index (χ3v) is 7.36. The topological polar surface area (TPSA) is 75.5 Å². The molecule has 0 unspecified atom stereocenters. The first-order chi connectivity index (χ1) is 14.4. The van der Waals surface area contributed by atoms with Gasteiger partial charge in [-0.3, -0.25) is 4.79 Å². The standard InChI is InChI=1S/C22H24N4O3S/c1-17-8-9-20(16-18(17)2)30(28,29)25-14-12-24(13-15-25)21-10-11-22(27)26(23-21)19-6-4-3-5-7-19/h3-11,16H,12-15H2,1-2H3. The van der Waals surface area contributed by atoms with Gasteiger partial charge in [0.2, 0.25) is 10.0 Å². The fourth-order valence-electron chi connectivity index (χ4n) is 3.51. The van der Waals surface area contributed by atoms with Gasteiger partial charge >= 0.3 is 0 Å². The van der Waals surface area contributed by atoms with Crippen molar-refractivity contribution in [2.45, 2.75) is 18.7 Å². The first kappa shape index (κ1) is 20.3. The zero-order valence-electron chi connectivity index (χ0n) is 17.0. The van der Waals surface area contributed by atoms with E-state index in [0.717, 1.165) is 11.1 Å². The molecule has 0 amide bonds. The second kappa shape index (κ2) is 8.04. The number of nitrogens with zero attached hydrogens (tertiary/aromatic N) is 4. The van der Waals surface area contributed by atoms with Gasteiger partial charge in [0, 0.05) is 32.2 Å². The molecule has 1 aromatic heterocycles. The van der Waals surface area contributed by atoms with E-state index in [1.54, 1.807) is 18.2 Å². The van der Waals surface area contributed by atoms with Crippen LogP contribution in [0.15, 0.2) is 70.4 Å². The summed E-state index contributed by atoms with van der Waals surface area (Å²) in [5, 5.41) is 4.50. The van der Waals surface area contributed by atoms with E-state index >= 15 is 0 Å². The molecule has 0 spiro atoms. The van der Waals surface area contributed by atoms with Crippen molar-refractivity contribution in [3.05, 3.63) is 82.1 Å². The lowest BCUT2D eigenvalue weighted by atomic mass is 10.1. The van der Waals surface area contributed by atoms with E-state index in [2.05, 4.69) is 5.10 Å². The van der Waals surface area contributed by atoms with Gasteiger partial charge in [-0.25, -0.2) is 8.42 Å². The van der Waals surface area contributed by atoms with Gasteiger partial charge in [0.25, 0.3) is 5.56 Å². The monoisotopic (exact) mass is 424 g/mol. The molecule has 156 valence electrons. The van der Waals surface area contributed by atoms with Crippen LogP contribution in [0.25, 0.3) is 5.69 Å². The van der Waals surface area contributed by atoms with Crippen molar-refractivity contribution in [3.63, 3.8) is 0 Å². The largest absolute Gasteiger partial charge is 0.353 e. The number of piperazine rings is 1. The van der Waals surface area contributed by atoms with Gasteiger partial charge in [0.15, 0.2) is 0 Å². The molecule has 0 atom stereocenters. The molecule has 2 heterocycles. The van der Waals surface area contributed by atoms with Gasteiger partial charge in [-0.05, 0) is 55.3 Å². The van der Waals surface area contributed by atoms with Gasteiger partial charge < -0.3 is 4.90 Å². The minimum absolute atomic E-state index is 0.207. The van der Waals surface area contributed by atoms with Gasteiger partial charge in [0.1, 0.15) is 5.82 Å². The van der Waals surface area contributed by atoms with Crippen LogP contribution in [0.1, 0.15) is 11.1 Å². The van der Waals surface area contributed by atoms with Crippen molar-refractivity contribution >= 4 is 15.8 Å². The molecular weight excluding hydrogens is 400 g/mol. The van der Waals surface area contributed by atoms with Gasteiger partial charge in [-0.1, -0.05) is 24.3 Å². The van der Waals surface area contributed by atoms with E-state index in [9.17, 15) is 13.2 Å². The molecule has 30 heavy (non-hydrogen) atoms. The highest BCUT2D eigenvalue weighted by atomic mass is 32.2. The number of hydrogen-bond donors (Lipinski definition) is 0. The number of para-hydroxylation sites is 1. The maximum Gasteiger partial charge on any atom is 0.271 e. The van der Waals surface area contributed by atoms with Gasteiger partial charge in [0.05, 0.1) is 10.6 Å². The maximum absolute atomic E-state index is 13.0. The fourth-order valence-corrected chi connectivity index (χ4v) is 5.01. The number of aromatic nitrogens is 2. The molecular formula is C22H24N4O3S. The Morgan fingerprint density at radius 3 is 2.20 bits per heavy atom. The summed E-state index contributed by atoms with van der Waals surface area (Å²) in [7, 11) is -3.53. The van der Waals surface area contributed by atoms with Crippen LogP contribution < -0.4 is 10.5 Å². The second-order valence-corrected chi connectivity index (χ2v) is 9.35. The molecule has 0 radical (unpaired) electrons. The molecule has 0 aliphatic carbocycles. The number of aryl methyl sites for hydroxylation is 2. The molecule has 1 aliphatic rings. The van der Waals surface area contributed by atoms with E-state index < -0.39 is 10.0 Å². The number of sulfonamides is 1. The summed E-state index contributed by atoms with van der Waals surface area (Å²) in [6, 6.07) is 17.7. The van der Waals surface area contributed by atoms with Gasteiger partial charge in [-0.15, -0.1) is 5.10 Å². The molecule has 3 aromatic rings. The summed E-state index contributed by atoms with van der Waals surface area (Å²) >= 11 is 0. The highest BCUT2D eigenvalue weighted by Crippen LogP contribution is 2.22. The van der Waals surface area contributed by atoms with Crippen LogP contribution in [0.3, 0.4) is 0 Å². The van der Waals surface area contributed by atoms with E-state index in [1.165, 1.54) is 15.1 Å². The molecule has 2 aromatic carbocycles. The lowest BCUT2D eigenvalue weighted by Crippen LogP contribution is -2.49. The summed E-state index contributed by atoms with van der Waals surface area (Å²) in [6.07, 6.45) is 0. The van der Waals surface area contributed by atoms with Crippen LogP contribution in [0, 0.1) is 13.8 Å². The molecule has 7 nitrogen and oxygen atoms in total. The number of hydrogen-bond acceptors (Lipinski definition) is 5. The molecule has 8 heteroatoms. The summed E-state index contributed by atoms with van der Waals surface area (Å²) in [4.78, 5) is 14.6. The molecule has 1 saturated heterocycles. The minimum Gasteiger partial charge on any atom is -0.353 e. The molecule has 0 saturated carbocycles. The Kier molecular flexibility index (Phi) is 5.44. The first-order valence-corrected chi connectivity index (χ1v) is 11.3.